The van der Waals surface area contributed by atoms with Gasteiger partial charge in [-0.2, -0.15) is 0 Å². The van der Waals surface area contributed by atoms with Crippen molar-refractivity contribution in [1.29, 1.82) is 0 Å². The molecule has 41 heavy (non-hydrogen) atoms. The third-order valence-corrected chi connectivity index (χ3v) is 9.35. The van der Waals surface area contributed by atoms with E-state index in [-0.39, 0.29) is 23.4 Å². The predicted octanol–water partition coefficient (Wildman–Crippen LogP) is 4.98. The maximum Gasteiger partial charge on any atom is 0.264 e. The molecule has 2 amide bonds. The first-order valence-electron chi connectivity index (χ1n) is 14.0. The van der Waals surface area contributed by atoms with Crippen molar-refractivity contribution in [3.8, 4) is 5.75 Å². The Morgan fingerprint density at radius 1 is 0.951 bits per heavy atom. The van der Waals surface area contributed by atoms with Crippen LogP contribution in [0.25, 0.3) is 0 Å². The molecule has 8 nitrogen and oxygen atoms in total. The van der Waals surface area contributed by atoms with Crippen molar-refractivity contribution < 1.29 is 22.7 Å². The summed E-state index contributed by atoms with van der Waals surface area (Å²) in [5.74, 6) is -0.0530. The second-order valence-corrected chi connectivity index (χ2v) is 12.6. The van der Waals surface area contributed by atoms with E-state index >= 15 is 0 Å². The van der Waals surface area contributed by atoms with Gasteiger partial charge in [0.2, 0.25) is 11.8 Å². The van der Waals surface area contributed by atoms with Crippen LogP contribution in [0.5, 0.6) is 5.75 Å². The number of aryl methyl sites for hydroxylation is 2. The number of hydrogen-bond acceptors (Lipinski definition) is 5. The van der Waals surface area contributed by atoms with Crippen LogP contribution in [-0.2, 0) is 26.2 Å². The molecule has 1 saturated carbocycles. The fourth-order valence-electron chi connectivity index (χ4n) is 5.05. The van der Waals surface area contributed by atoms with Crippen molar-refractivity contribution in [3.05, 3.63) is 89.5 Å². The van der Waals surface area contributed by atoms with E-state index in [4.69, 9.17) is 4.74 Å². The van der Waals surface area contributed by atoms with Crippen molar-refractivity contribution >= 4 is 27.5 Å². The molecule has 0 radical (unpaired) electrons. The predicted molar refractivity (Wildman–Crippen MR) is 160 cm³/mol. The molecule has 1 aliphatic rings. The van der Waals surface area contributed by atoms with E-state index in [1.54, 1.807) is 68.6 Å². The average molecular weight is 578 g/mol. The number of anilines is 1. The highest BCUT2D eigenvalue weighted by molar-refractivity contribution is 7.92. The smallest absolute Gasteiger partial charge is 0.264 e. The van der Waals surface area contributed by atoms with Gasteiger partial charge in [-0.3, -0.25) is 13.9 Å². The van der Waals surface area contributed by atoms with E-state index in [1.165, 1.54) is 4.90 Å². The van der Waals surface area contributed by atoms with Gasteiger partial charge in [0.25, 0.3) is 10.0 Å². The largest absolute Gasteiger partial charge is 0.497 e. The lowest BCUT2D eigenvalue weighted by Crippen LogP contribution is -2.52. The van der Waals surface area contributed by atoms with Gasteiger partial charge in [0.15, 0.2) is 0 Å². The Labute approximate surface area is 243 Å². The molecule has 0 aromatic heterocycles. The molecule has 9 heteroatoms. The van der Waals surface area contributed by atoms with Gasteiger partial charge < -0.3 is 15.0 Å². The van der Waals surface area contributed by atoms with Gasteiger partial charge in [-0.25, -0.2) is 8.42 Å². The molecule has 0 spiro atoms. The molecule has 1 N–H and O–H groups in total. The van der Waals surface area contributed by atoms with Gasteiger partial charge in [-0.15, -0.1) is 0 Å². The van der Waals surface area contributed by atoms with Crippen LogP contribution in [0.1, 0.15) is 49.3 Å². The second kappa shape index (κ2) is 13.2. The molecule has 1 atom stereocenters. The van der Waals surface area contributed by atoms with Crippen molar-refractivity contribution in [2.24, 2.45) is 0 Å². The third-order valence-electron chi connectivity index (χ3n) is 7.56. The number of rotatable bonds is 11. The van der Waals surface area contributed by atoms with Gasteiger partial charge >= 0.3 is 0 Å². The van der Waals surface area contributed by atoms with Crippen LogP contribution >= 0.6 is 0 Å². The van der Waals surface area contributed by atoms with E-state index in [0.29, 0.717) is 11.4 Å². The second-order valence-electron chi connectivity index (χ2n) is 10.7. The lowest BCUT2D eigenvalue weighted by Gasteiger charge is -2.32. The molecule has 1 aliphatic carbocycles. The first-order valence-corrected chi connectivity index (χ1v) is 15.4. The minimum atomic E-state index is -4.09. The molecular weight excluding hydrogens is 538 g/mol. The zero-order chi connectivity index (χ0) is 29.6. The van der Waals surface area contributed by atoms with Crippen LogP contribution in [0.4, 0.5) is 5.69 Å². The number of ether oxygens (including phenoxy) is 1. The number of sulfonamides is 1. The molecule has 0 heterocycles. The van der Waals surface area contributed by atoms with Crippen molar-refractivity contribution in [3.63, 3.8) is 0 Å². The highest BCUT2D eigenvalue weighted by atomic mass is 32.2. The van der Waals surface area contributed by atoms with Gasteiger partial charge in [0.05, 0.1) is 17.7 Å². The molecule has 218 valence electrons. The molecule has 3 aromatic rings. The third kappa shape index (κ3) is 7.47. The summed E-state index contributed by atoms with van der Waals surface area (Å²) in [7, 11) is -2.52. The van der Waals surface area contributed by atoms with Crippen molar-refractivity contribution in [1.82, 2.24) is 10.2 Å². The van der Waals surface area contributed by atoms with Crippen LogP contribution in [0.2, 0.25) is 0 Å². The topological polar surface area (TPSA) is 96.0 Å². The number of carbonyl (C=O) groups excluding carboxylic acids is 2. The summed E-state index contributed by atoms with van der Waals surface area (Å²) in [5, 5.41) is 3.09. The number of benzene rings is 3. The SMILES string of the molecule is COc1ccc(CN(C(=O)CN(c2cccc(C)c2)S(=O)(=O)c2ccc(C)cc2)[C@@H](C)C(=O)NC2CCCC2)cc1. The average Bonchev–Trinajstić information content (AvgIpc) is 3.47. The number of hydrogen-bond donors (Lipinski definition) is 1. The molecule has 0 bridgehead atoms. The van der Waals surface area contributed by atoms with Gasteiger partial charge in [0.1, 0.15) is 18.3 Å². The van der Waals surface area contributed by atoms with E-state index in [9.17, 15) is 18.0 Å². The lowest BCUT2D eigenvalue weighted by atomic mass is 10.1. The maximum absolute atomic E-state index is 14.1. The zero-order valence-corrected chi connectivity index (χ0v) is 25.0. The number of carbonyl (C=O) groups is 2. The van der Waals surface area contributed by atoms with Crippen LogP contribution in [-0.4, -0.2) is 50.9 Å². The summed E-state index contributed by atoms with van der Waals surface area (Å²) in [5.41, 5.74) is 2.96. The van der Waals surface area contributed by atoms with Crippen LogP contribution in [0.3, 0.4) is 0 Å². The summed E-state index contributed by atoms with van der Waals surface area (Å²) in [6.45, 7) is 5.11. The summed E-state index contributed by atoms with van der Waals surface area (Å²) in [4.78, 5) is 28.9. The Morgan fingerprint density at radius 2 is 1.61 bits per heavy atom. The van der Waals surface area contributed by atoms with Crippen LogP contribution in [0.15, 0.2) is 77.7 Å². The van der Waals surface area contributed by atoms with Gasteiger partial charge in [-0.1, -0.05) is 54.8 Å². The highest BCUT2D eigenvalue weighted by Crippen LogP contribution is 2.26. The molecule has 0 unspecified atom stereocenters. The van der Waals surface area contributed by atoms with E-state index < -0.39 is 28.5 Å². The molecular formula is C32H39N3O5S. The van der Waals surface area contributed by atoms with E-state index in [1.807, 2.05) is 32.0 Å². The number of methoxy groups -OCH3 is 1. The quantitative estimate of drug-likeness (QED) is 0.347. The Morgan fingerprint density at radius 3 is 2.22 bits per heavy atom. The summed E-state index contributed by atoms with van der Waals surface area (Å²) >= 11 is 0. The lowest BCUT2D eigenvalue weighted by molar-refractivity contribution is -0.139. The first kappa shape index (κ1) is 30.1. The van der Waals surface area contributed by atoms with Gasteiger partial charge in [-0.05, 0) is 81.1 Å². The summed E-state index contributed by atoms with van der Waals surface area (Å²) in [6.07, 6.45) is 3.97. The Kier molecular flexibility index (Phi) is 9.70. The zero-order valence-electron chi connectivity index (χ0n) is 24.2. The molecule has 1 fully saturated rings. The minimum Gasteiger partial charge on any atom is -0.497 e. The summed E-state index contributed by atoms with van der Waals surface area (Å²) < 4.78 is 34.3. The standard InChI is InChI=1S/C32H39N3O5S/c1-23-12-18-30(19-13-23)41(38,39)35(28-11-7-8-24(2)20-28)22-31(36)34(21-26-14-16-29(40-4)17-15-26)25(3)32(37)33-27-9-5-6-10-27/h7-8,11-20,25,27H,5-6,9-10,21-22H2,1-4H3,(H,33,37)/t25-/m0/s1. The molecule has 0 saturated heterocycles. The van der Waals surface area contributed by atoms with E-state index in [2.05, 4.69) is 5.32 Å². The fourth-order valence-corrected chi connectivity index (χ4v) is 6.46. The highest BCUT2D eigenvalue weighted by Gasteiger charge is 2.33. The Balaban J connectivity index is 1.68. The number of nitrogens with zero attached hydrogens (tertiary/aromatic N) is 2. The van der Waals surface area contributed by atoms with Crippen LogP contribution < -0.4 is 14.4 Å². The molecule has 3 aromatic carbocycles. The normalized spacial score (nSPS) is 14.3. The Hall–Kier alpha value is -3.85. The fraction of sp³-hybridized carbons (Fsp3) is 0.375. The Bertz CT molecular complexity index is 1450. The summed E-state index contributed by atoms with van der Waals surface area (Å²) in [6, 6.07) is 20.1. The van der Waals surface area contributed by atoms with E-state index in [0.717, 1.165) is 46.7 Å². The molecule has 4 rings (SSSR count). The number of nitrogens with one attached hydrogen (secondary N) is 1. The van der Waals surface area contributed by atoms with Crippen molar-refractivity contribution in [2.45, 2.75) is 70.0 Å². The monoisotopic (exact) mass is 577 g/mol. The van der Waals surface area contributed by atoms with Crippen molar-refractivity contribution in [2.75, 3.05) is 18.0 Å². The number of amides is 2. The first-order chi connectivity index (χ1) is 19.6. The minimum absolute atomic E-state index is 0.0890. The van der Waals surface area contributed by atoms with Crippen LogP contribution in [0, 0.1) is 13.8 Å². The maximum atomic E-state index is 14.1. The van der Waals surface area contributed by atoms with Gasteiger partial charge in [0, 0.05) is 12.6 Å². The molecule has 0 aliphatic heterocycles.